The fraction of sp³-hybridized carbons (Fsp3) is 0.150. The van der Waals surface area contributed by atoms with Gasteiger partial charge in [-0.2, -0.15) is 0 Å². The number of fused-ring (bicyclic) bond motifs is 1. The van der Waals surface area contributed by atoms with Gasteiger partial charge in [0.1, 0.15) is 12.4 Å². The van der Waals surface area contributed by atoms with E-state index in [0.29, 0.717) is 11.5 Å². The minimum atomic E-state index is -3.21. The normalized spacial score (nSPS) is 17.6. The van der Waals surface area contributed by atoms with Crippen molar-refractivity contribution in [2.45, 2.75) is 21.6 Å². The van der Waals surface area contributed by atoms with Crippen LogP contribution in [0.5, 0.6) is 5.75 Å². The Morgan fingerprint density at radius 3 is 2.69 bits per heavy atom. The second-order valence-corrected chi connectivity index (χ2v) is 9.27. The molecule has 1 aromatic heterocycles. The molecule has 4 rings (SSSR count). The standard InChI is InChI=1S/C20H17NO3S2/c22-26(23)14-19(16-7-1-4-10-20(16)26)25-18-9-3-2-8-17(18)24-13-15-6-5-11-21-12-15/h1-12,19H,13-14H2. The van der Waals surface area contributed by atoms with Crippen LogP contribution in [0.2, 0.25) is 0 Å². The van der Waals surface area contributed by atoms with Gasteiger partial charge in [0.05, 0.1) is 15.9 Å². The lowest BCUT2D eigenvalue weighted by molar-refractivity contribution is 0.298. The molecule has 1 atom stereocenters. The molecule has 1 aliphatic heterocycles. The predicted octanol–water partition coefficient (Wildman–Crippen LogP) is 4.28. The molecule has 6 heteroatoms. The molecule has 0 radical (unpaired) electrons. The Kier molecular flexibility index (Phi) is 4.70. The Hall–Kier alpha value is -2.31. The number of rotatable bonds is 5. The second kappa shape index (κ2) is 7.13. The van der Waals surface area contributed by atoms with Crippen molar-refractivity contribution in [3.63, 3.8) is 0 Å². The lowest BCUT2D eigenvalue weighted by atomic mass is 10.2. The summed E-state index contributed by atoms with van der Waals surface area (Å²) >= 11 is 1.54. The number of thioether (sulfide) groups is 1. The molecule has 0 aliphatic carbocycles. The number of sulfone groups is 1. The summed E-state index contributed by atoms with van der Waals surface area (Å²) in [6, 6.07) is 18.8. The molecule has 1 unspecified atom stereocenters. The summed E-state index contributed by atoms with van der Waals surface area (Å²) in [6.07, 6.45) is 3.50. The molecule has 0 N–H and O–H groups in total. The highest BCUT2D eigenvalue weighted by Crippen LogP contribution is 2.47. The van der Waals surface area contributed by atoms with E-state index in [1.54, 1.807) is 24.5 Å². The van der Waals surface area contributed by atoms with E-state index in [0.717, 1.165) is 21.8 Å². The number of para-hydroxylation sites is 1. The third kappa shape index (κ3) is 3.48. The number of pyridine rings is 1. The highest BCUT2D eigenvalue weighted by Gasteiger charge is 2.35. The molecule has 0 amide bonds. The number of ether oxygens (including phenoxy) is 1. The average molecular weight is 383 g/mol. The molecule has 0 saturated heterocycles. The molecule has 4 nitrogen and oxygen atoms in total. The monoisotopic (exact) mass is 383 g/mol. The van der Waals surface area contributed by atoms with E-state index in [2.05, 4.69) is 4.98 Å². The van der Waals surface area contributed by atoms with Crippen LogP contribution in [0.1, 0.15) is 16.4 Å². The molecule has 2 heterocycles. The number of benzene rings is 2. The van der Waals surface area contributed by atoms with Crippen molar-refractivity contribution >= 4 is 21.6 Å². The van der Waals surface area contributed by atoms with E-state index in [1.165, 1.54) is 11.8 Å². The smallest absolute Gasteiger partial charge is 0.180 e. The van der Waals surface area contributed by atoms with Crippen molar-refractivity contribution in [2.75, 3.05) is 5.75 Å². The lowest BCUT2D eigenvalue weighted by Gasteiger charge is -2.14. The Morgan fingerprint density at radius 1 is 1.04 bits per heavy atom. The van der Waals surface area contributed by atoms with Crippen molar-refractivity contribution in [2.24, 2.45) is 0 Å². The number of hydrogen-bond donors (Lipinski definition) is 0. The maximum atomic E-state index is 12.4. The molecule has 0 saturated carbocycles. The van der Waals surface area contributed by atoms with Crippen LogP contribution >= 0.6 is 11.8 Å². The van der Waals surface area contributed by atoms with Crippen LogP contribution in [0.3, 0.4) is 0 Å². The Bertz CT molecular complexity index is 1020. The van der Waals surface area contributed by atoms with E-state index in [4.69, 9.17) is 4.74 Å². The first-order chi connectivity index (χ1) is 12.6. The molecule has 132 valence electrons. The zero-order valence-electron chi connectivity index (χ0n) is 13.9. The van der Waals surface area contributed by atoms with Gasteiger partial charge in [-0.3, -0.25) is 4.98 Å². The topological polar surface area (TPSA) is 56.3 Å². The zero-order chi connectivity index (χ0) is 18.0. The highest BCUT2D eigenvalue weighted by atomic mass is 32.2. The van der Waals surface area contributed by atoms with Gasteiger partial charge in [0.25, 0.3) is 0 Å². The van der Waals surface area contributed by atoms with Gasteiger partial charge in [-0.15, -0.1) is 11.8 Å². The van der Waals surface area contributed by atoms with Crippen LogP contribution < -0.4 is 4.74 Å². The lowest BCUT2D eigenvalue weighted by Crippen LogP contribution is -2.02. The first kappa shape index (κ1) is 17.1. The van der Waals surface area contributed by atoms with Crippen LogP contribution in [0.25, 0.3) is 0 Å². The van der Waals surface area contributed by atoms with E-state index < -0.39 is 9.84 Å². The van der Waals surface area contributed by atoms with E-state index in [-0.39, 0.29) is 11.0 Å². The fourth-order valence-corrected chi connectivity index (χ4v) is 6.51. The number of aromatic nitrogens is 1. The van der Waals surface area contributed by atoms with E-state index in [1.807, 2.05) is 48.5 Å². The summed E-state index contributed by atoms with van der Waals surface area (Å²) in [4.78, 5) is 5.48. The predicted molar refractivity (Wildman–Crippen MR) is 102 cm³/mol. The first-order valence-electron chi connectivity index (χ1n) is 8.22. The molecule has 0 bridgehead atoms. The molecule has 3 aromatic rings. The summed E-state index contributed by atoms with van der Waals surface area (Å²) in [7, 11) is -3.21. The molecule has 0 fully saturated rings. The minimum absolute atomic E-state index is 0.119. The second-order valence-electron chi connectivity index (χ2n) is 6.02. The van der Waals surface area contributed by atoms with Crippen molar-refractivity contribution in [1.29, 1.82) is 0 Å². The van der Waals surface area contributed by atoms with Crippen molar-refractivity contribution < 1.29 is 13.2 Å². The third-order valence-corrected chi connectivity index (χ3v) is 7.53. The van der Waals surface area contributed by atoms with Crippen molar-refractivity contribution in [3.05, 3.63) is 84.2 Å². The summed E-state index contributed by atoms with van der Waals surface area (Å²) in [5.41, 5.74) is 1.86. The van der Waals surface area contributed by atoms with Gasteiger partial charge in [-0.05, 0) is 29.8 Å². The molecule has 0 spiro atoms. The highest BCUT2D eigenvalue weighted by molar-refractivity contribution is 8.01. The summed E-state index contributed by atoms with van der Waals surface area (Å²) in [5.74, 6) is 0.872. The van der Waals surface area contributed by atoms with E-state index >= 15 is 0 Å². The van der Waals surface area contributed by atoms with Crippen molar-refractivity contribution in [1.82, 2.24) is 4.98 Å². The Morgan fingerprint density at radius 2 is 1.85 bits per heavy atom. The van der Waals surface area contributed by atoms with Crippen LogP contribution in [0.15, 0.2) is 82.8 Å². The third-order valence-electron chi connectivity index (χ3n) is 4.21. The zero-order valence-corrected chi connectivity index (χ0v) is 15.5. The van der Waals surface area contributed by atoms with Gasteiger partial charge < -0.3 is 4.74 Å². The number of hydrogen-bond acceptors (Lipinski definition) is 5. The fourth-order valence-electron chi connectivity index (χ4n) is 2.97. The van der Waals surface area contributed by atoms with Crippen molar-refractivity contribution in [3.8, 4) is 5.75 Å². The molecule has 26 heavy (non-hydrogen) atoms. The summed E-state index contributed by atoms with van der Waals surface area (Å²) < 4.78 is 30.8. The Labute approximate surface area is 157 Å². The number of nitrogens with zero attached hydrogens (tertiary/aromatic N) is 1. The summed E-state index contributed by atoms with van der Waals surface area (Å²) in [5, 5.41) is -0.126. The van der Waals surface area contributed by atoms with Gasteiger partial charge in [0, 0.05) is 22.9 Å². The summed E-state index contributed by atoms with van der Waals surface area (Å²) in [6.45, 7) is 0.422. The van der Waals surface area contributed by atoms with Gasteiger partial charge >= 0.3 is 0 Å². The van der Waals surface area contributed by atoms with Crippen LogP contribution in [0, 0.1) is 0 Å². The molecule has 2 aromatic carbocycles. The van der Waals surface area contributed by atoms with Crippen LogP contribution in [-0.4, -0.2) is 19.2 Å². The largest absolute Gasteiger partial charge is 0.488 e. The first-order valence-corrected chi connectivity index (χ1v) is 10.8. The molecular weight excluding hydrogens is 366 g/mol. The van der Waals surface area contributed by atoms with Crippen LogP contribution in [0.4, 0.5) is 0 Å². The van der Waals surface area contributed by atoms with Gasteiger partial charge in [0.15, 0.2) is 9.84 Å². The quantitative estimate of drug-likeness (QED) is 0.658. The maximum absolute atomic E-state index is 12.4. The SMILES string of the molecule is O=S1(=O)CC(Sc2ccccc2OCc2cccnc2)c2ccccc21. The van der Waals surface area contributed by atoms with Gasteiger partial charge in [-0.1, -0.05) is 36.4 Å². The minimum Gasteiger partial charge on any atom is -0.488 e. The maximum Gasteiger partial charge on any atom is 0.180 e. The van der Waals surface area contributed by atoms with E-state index in [9.17, 15) is 8.42 Å². The molecular formula is C20H17NO3S2. The average Bonchev–Trinajstić information content (AvgIpc) is 2.92. The Balaban J connectivity index is 1.56. The molecule has 1 aliphatic rings. The van der Waals surface area contributed by atoms with Gasteiger partial charge in [-0.25, -0.2) is 8.42 Å². The van der Waals surface area contributed by atoms with Crippen LogP contribution in [-0.2, 0) is 16.4 Å². The van der Waals surface area contributed by atoms with Gasteiger partial charge in [0.2, 0.25) is 0 Å².